The van der Waals surface area contributed by atoms with Crippen molar-refractivity contribution in [3.63, 3.8) is 0 Å². The Morgan fingerprint density at radius 1 is 1.48 bits per heavy atom. The summed E-state index contributed by atoms with van der Waals surface area (Å²) in [5.74, 6) is -0.495. The number of ether oxygens (including phenoxy) is 3. The minimum atomic E-state index is -1.03. The highest BCUT2D eigenvalue weighted by atomic mass is 16.7. The summed E-state index contributed by atoms with van der Waals surface area (Å²) in [7, 11) is 1.61. The Hall–Kier alpha value is -0.950. The van der Waals surface area contributed by atoms with Crippen molar-refractivity contribution >= 4 is 5.91 Å². The first-order valence-electron chi connectivity index (χ1n) is 7.37. The summed E-state index contributed by atoms with van der Waals surface area (Å²) < 4.78 is 15.5. The number of hydrogen-bond donors (Lipinski definition) is 1. The summed E-state index contributed by atoms with van der Waals surface area (Å²) >= 11 is 0. The fourth-order valence-electron chi connectivity index (χ4n) is 2.27. The topological polar surface area (TPSA) is 68.2 Å². The lowest BCUT2D eigenvalue weighted by molar-refractivity contribution is -0.145. The van der Waals surface area contributed by atoms with Gasteiger partial charge in [0.1, 0.15) is 12.9 Å². The quantitative estimate of drug-likeness (QED) is 0.367. The first-order chi connectivity index (χ1) is 10.1. The highest BCUT2D eigenvalue weighted by molar-refractivity contribution is 5.81. The summed E-state index contributed by atoms with van der Waals surface area (Å²) in [6, 6.07) is 0.00944. The van der Waals surface area contributed by atoms with E-state index in [1.54, 1.807) is 25.0 Å². The largest absolute Gasteiger partial charge is 0.383 e. The van der Waals surface area contributed by atoms with E-state index in [0.717, 1.165) is 12.8 Å². The van der Waals surface area contributed by atoms with Gasteiger partial charge < -0.3 is 24.2 Å². The molecule has 3 atom stereocenters. The molecule has 0 radical (unpaired) electrons. The number of rotatable bonds is 10. The highest BCUT2D eigenvalue weighted by Crippen LogP contribution is 2.20. The van der Waals surface area contributed by atoms with Crippen LogP contribution >= 0.6 is 0 Å². The van der Waals surface area contributed by atoms with E-state index in [-0.39, 0.29) is 24.7 Å². The van der Waals surface area contributed by atoms with Gasteiger partial charge in [0.15, 0.2) is 0 Å². The molecule has 0 unspecified atom stereocenters. The van der Waals surface area contributed by atoms with E-state index in [0.29, 0.717) is 26.4 Å². The van der Waals surface area contributed by atoms with Crippen molar-refractivity contribution in [1.82, 2.24) is 4.90 Å². The number of methoxy groups -OCH3 is 1. The van der Waals surface area contributed by atoms with Gasteiger partial charge in [0.25, 0.3) is 5.91 Å². The van der Waals surface area contributed by atoms with E-state index in [4.69, 9.17) is 14.2 Å². The highest BCUT2D eigenvalue weighted by Gasteiger charge is 2.33. The van der Waals surface area contributed by atoms with Crippen LogP contribution in [0.15, 0.2) is 12.7 Å². The Kier molecular flexibility index (Phi) is 8.52. The fraction of sp³-hybridized carbons (Fsp3) is 0.800. The Morgan fingerprint density at radius 2 is 2.24 bits per heavy atom. The fourth-order valence-corrected chi connectivity index (χ4v) is 2.27. The predicted octanol–water partition coefficient (Wildman–Crippen LogP) is 0.797. The SMILES string of the molecule is C=C[C@@H](C)[C@@H](O)C(=O)N1CCC[C@H]1COCOCCOC. The van der Waals surface area contributed by atoms with Crippen LogP contribution in [0, 0.1) is 5.92 Å². The molecule has 0 spiro atoms. The van der Waals surface area contributed by atoms with Crippen molar-refractivity contribution in [2.24, 2.45) is 5.92 Å². The first-order valence-corrected chi connectivity index (χ1v) is 7.37. The molecule has 0 aromatic heterocycles. The van der Waals surface area contributed by atoms with Gasteiger partial charge in [0.2, 0.25) is 0 Å². The van der Waals surface area contributed by atoms with E-state index in [2.05, 4.69) is 6.58 Å². The first kappa shape index (κ1) is 18.1. The molecule has 0 aliphatic carbocycles. The van der Waals surface area contributed by atoms with Gasteiger partial charge in [0, 0.05) is 19.6 Å². The van der Waals surface area contributed by atoms with Crippen LogP contribution < -0.4 is 0 Å². The molecule has 0 aromatic carbocycles. The number of amides is 1. The van der Waals surface area contributed by atoms with Gasteiger partial charge in [-0.15, -0.1) is 6.58 Å². The normalized spacial score (nSPS) is 21.3. The molecule has 0 saturated carbocycles. The van der Waals surface area contributed by atoms with Gasteiger partial charge in [0.05, 0.1) is 25.9 Å². The van der Waals surface area contributed by atoms with Gasteiger partial charge in [-0.2, -0.15) is 0 Å². The third-order valence-electron chi connectivity index (χ3n) is 3.69. The Bertz CT molecular complexity index is 323. The molecule has 1 saturated heterocycles. The number of hydrogen-bond acceptors (Lipinski definition) is 5. The van der Waals surface area contributed by atoms with Gasteiger partial charge in [-0.05, 0) is 12.8 Å². The lowest BCUT2D eigenvalue weighted by Gasteiger charge is -2.28. The van der Waals surface area contributed by atoms with Gasteiger partial charge >= 0.3 is 0 Å². The van der Waals surface area contributed by atoms with Gasteiger partial charge in [-0.1, -0.05) is 13.0 Å². The number of aliphatic hydroxyl groups excluding tert-OH is 1. The van der Waals surface area contributed by atoms with Crippen LogP contribution in [0.5, 0.6) is 0 Å². The maximum absolute atomic E-state index is 12.3. The average molecular weight is 301 g/mol. The molecular formula is C15H27NO5. The van der Waals surface area contributed by atoms with E-state index in [1.807, 2.05) is 0 Å². The van der Waals surface area contributed by atoms with Crippen LogP contribution in [0.2, 0.25) is 0 Å². The molecule has 6 heteroatoms. The Labute approximate surface area is 126 Å². The zero-order valence-electron chi connectivity index (χ0n) is 13.0. The second-order valence-corrected chi connectivity index (χ2v) is 5.26. The number of likely N-dealkylation sites (tertiary alicyclic amines) is 1. The zero-order valence-corrected chi connectivity index (χ0v) is 13.0. The summed E-state index contributed by atoms with van der Waals surface area (Å²) in [5.41, 5.74) is 0. The summed E-state index contributed by atoms with van der Waals surface area (Å²) in [6.07, 6.45) is 2.38. The number of carbonyl (C=O) groups is 1. The average Bonchev–Trinajstić information content (AvgIpc) is 2.96. The summed E-state index contributed by atoms with van der Waals surface area (Å²) in [5, 5.41) is 9.99. The second kappa shape index (κ2) is 9.89. The molecule has 21 heavy (non-hydrogen) atoms. The molecule has 1 fully saturated rings. The second-order valence-electron chi connectivity index (χ2n) is 5.26. The van der Waals surface area contributed by atoms with Crippen molar-refractivity contribution in [2.45, 2.75) is 31.9 Å². The Balaban J connectivity index is 2.34. The number of nitrogens with zero attached hydrogens (tertiary/aromatic N) is 1. The summed E-state index contributed by atoms with van der Waals surface area (Å²) in [6.45, 7) is 7.69. The molecule has 1 heterocycles. The standard InChI is InChI=1S/C15H27NO5/c1-4-12(2)14(17)15(18)16-7-5-6-13(16)10-21-11-20-9-8-19-3/h4,12-14,17H,1,5-11H2,2-3H3/t12-,13+,14-/m1/s1. The predicted molar refractivity (Wildman–Crippen MR) is 78.7 cm³/mol. The number of carbonyl (C=O) groups excluding carboxylic acids is 1. The van der Waals surface area contributed by atoms with Crippen LogP contribution in [0.1, 0.15) is 19.8 Å². The molecule has 1 N–H and O–H groups in total. The van der Waals surface area contributed by atoms with E-state index in [9.17, 15) is 9.90 Å². The molecule has 6 nitrogen and oxygen atoms in total. The molecule has 0 aromatic rings. The maximum atomic E-state index is 12.3. The van der Waals surface area contributed by atoms with Crippen molar-refractivity contribution < 1.29 is 24.1 Å². The third-order valence-corrected chi connectivity index (χ3v) is 3.69. The minimum absolute atomic E-state index is 0.00944. The molecule has 1 rings (SSSR count). The monoisotopic (exact) mass is 301 g/mol. The van der Waals surface area contributed by atoms with Crippen molar-refractivity contribution in [3.8, 4) is 0 Å². The van der Waals surface area contributed by atoms with Crippen LogP contribution in [-0.2, 0) is 19.0 Å². The van der Waals surface area contributed by atoms with Crippen LogP contribution in [0.3, 0.4) is 0 Å². The summed E-state index contributed by atoms with van der Waals surface area (Å²) in [4.78, 5) is 14.0. The van der Waals surface area contributed by atoms with Gasteiger partial charge in [-0.25, -0.2) is 0 Å². The van der Waals surface area contributed by atoms with Crippen LogP contribution in [0.25, 0.3) is 0 Å². The lowest BCUT2D eigenvalue weighted by Crippen LogP contribution is -2.45. The van der Waals surface area contributed by atoms with E-state index in [1.165, 1.54) is 0 Å². The van der Waals surface area contributed by atoms with Crippen LogP contribution in [0.4, 0.5) is 0 Å². The lowest BCUT2D eigenvalue weighted by atomic mass is 10.0. The van der Waals surface area contributed by atoms with Crippen LogP contribution in [-0.4, -0.2) is 68.3 Å². The zero-order chi connectivity index (χ0) is 15.7. The Morgan fingerprint density at radius 3 is 2.90 bits per heavy atom. The minimum Gasteiger partial charge on any atom is -0.383 e. The molecule has 1 aliphatic heterocycles. The van der Waals surface area contributed by atoms with Crippen molar-refractivity contribution in [3.05, 3.63) is 12.7 Å². The molecule has 1 aliphatic rings. The molecule has 122 valence electrons. The van der Waals surface area contributed by atoms with E-state index < -0.39 is 6.10 Å². The number of aliphatic hydroxyl groups is 1. The van der Waals surface area contributed by atoms with Gasteiger partial charge in [-0.3, -0.25) is 4.79 Å². The smallest absolute Gasteiger partial charge is 0.252 e. The van der Waals surface area contributed by atoms with Crippen molar-refractivity contribution in [2.75, 3.05) is 40.3 Å². The molecular weight excluding hydrogens is 274 g/mol. The molecule has 1 amide bonds. The third kappa shape index (κ3) is 5.74. The van der Waals surface area contributed by atoms with E-state index >= 15 is 0 Å². The molecule has 0 bridgehead atoms. The van der Waals surface area contributed by atoms with Crippen molar-refractivity contribution in [1.29, 1.82) is 0 Å². The maximum Gasteiger partial charge on any atom is 0.252 e.